The highest BCUT2D eigenvalue weighted by molar-refractivity contribution is 6.31. The summed E-state index contributed by atoms with van der Waals surface area (Å²) in [5.74, 6) is 0. The molecule has 0 fully saturated rings. The van der Waals surface area contributed by atoms with Gasteiger partial charge < -0.3 is 5.32 Å². The third-order valence-electron chi connectivity index (χ3n) is 2.35. The molecule has 0 radical (unpaired) electrons. The quantitative estimate of drug-likeness (QED) is 0.927. The van der Waals surface area contributed by atoms with Crippen LogP contribution in [0.3, 0.4) is 0 Å². The maximum atomic E-state index is 6.06. The van der Waals surface area contributed by atoms with E-state index in [0.29, 0.717) is 0 Å². The van der Waals surface area contributed by atoms with Crippen molar-refractivity contribution in [2.24, 2.45) is 0 Å². The summed E-state index contributed by atoms with van der Waals surface area (Å²) in [6.45, 7) is 1.61. The van der Waals surface area contributed by atoms with E-state index >= 15 is 0 Å². The van der Waals surface area contributed by atoms with E-state index in [2.05, 4.69) is 10.3 Å². The van der Waals surface area contributed by atoms with Gasteiger partial charge in [0.2, 0.25) is 0 Å². The van der Waals surface area contributed by atoms with Gasteiger partial charge in [0, 0.05) is 30.5 Å². The SMILES string of the molecule is Cl.Cl.Clc1ccccc1CNCc1ccncc1. The fraction of sp³-hybridized carbons (Fsp3) is 0.154. The van der Waals surface area contributed by atoms with Gasteiger partial charge in [-0.25, -0.2) is 0 Å². The predicted molar refractivity (Wildman–Crippen MR) is 80.7 cm³/mol. The Morgan fingerprint density at radius 2 is 1.61 bits per heavy atom. The Bertz CT molecular complexity index is 449. The van der Waals surface area contributed by atoms with Crippen molar-refractivity contribution in [2.45, 2.75) is 13.1 Å². The lowest BCUT2D eigenvalue weighted by Gasteiger charge is -2.06. The van der Waals surface area contributed by atoms with Crippen LogP contribution in [0.15, 0.2) is 48.8 Å². The van der Waals surface area contributed by atoms with Crippen molar-refractivity contribution in [3.05, 3.63) is 64.9 Å². The first-order valence-electron chi connectivity index (χ1n) is 5.19. The average Bonchev–Trinajstić information content (AvgIpc) is 2.33. The molecule has 0 amide bonds. The molecule has 0 bridgehead atoms. The molecule has 2 aromatic rings. The molecule has 0 aliphatic carbocycles. The van der Waals surface area contributed by atoms with Gasteiger partial charge in [0.1, 0.15) is 0 Å². The van der Waals surface area contributed by atoms with Crippen LogP contribution in [-0.4, -0.2) is 4.98 Å². The highest BCUT2D eigenvalue weighted by atomic mass is 35.5. The molecule has 0 aliphatic heterocycles. The summed E-state index contributed by atoms with van der Waals surface area (Å²) in [5, 5.41) is 4.16. The number of aromatic nitrogens is 1. The van der Waals surface area contributed by atoms with E-state index in [1.165, 1.54) is 5.56 Å². The molecule has 0 aliphatic rings. The number of benzene rings is 1. The van der Waals surface area contributed by atoms with Gasteiger partial charge in [-0.05, 0) is 29.3 Å². The topological polar surface area (TPSA) is 24.9 Å². The first-order chi connectivity index (χ1) is 7.86. The fourth-order valence-corrected chi connectivity index (χ4v) is 1.69. The monoisotopic (exact) mass is 304 g/mol. The van der Waals surface area contributed by atoms with Crippen LogP contribution in [0.5, 0.6) is 0 Å². The molecule has 0 unspecified atom stereocenters. The van der Waals surface area contributed by atoms with Crippen molar-refractivity contribution in [2.75, 3.05) is 0 Å². The minimum atomic E-state index is 0. The number of nitrogens with one attached hydrogen (secondary N) is 1. The Kier molecular flexibility index (Phi) is 8.77. The highest BCUT2D eigenvalue weighted by Crippen LogP contribution is 2.14. The van der Waals surface area contributed by atoms with Gasteiger partial charge in [-0.2, -0.15) is 0 Å². The Labute approximate surface area is 125 Å². The van der Waals surface area contributed by atoms with Crippen LogP contribution >= 0.6 is 36.4 Å². The van der Waals surface area contributed by atoms with Crippen LogP contribution in [0.4, 0.5) is 0 Å². The Balaban J connectivity index is 0.00000144. The molecule has 0 atom stereocenters. The number of hydrogen-bond donors (Lipinski definition) is 1. The van der Waals surface area contributed by atoms with Gasteiger partial charge in [-0.3, -0.25) is 4.98 Å². The van der Waals surface area contributed by atoms with E-state index in [4.69, 9.17) is 11.6 Å². The summed E-state index contributed by atoms with van der Waals surface area (Å²) in [5.41, 5.74) is 2.35. The summed E-state index contributed by atoms with van der Waals surface area (Å²) in [6, 6.07) is 11.9. The van der Waals surface area contributed by atoms with Crippen LogP contribution in [0.1, 0.15) is 11.1 Å². The zero-order valence-corrected chi connectivity index (χ0v) is 12.1. The van der Waals surface area contributed by atoms with Crippen LogP contribution in [0.2, 0.25) is 5.02 Å². The lowest BCUT2D eigenvalue weighted by Crippen LogP contribution is -2.12. The van der Waals surface area contributed by atoms with Crippen LogP contribution in [0.25, 0.3) is 0 Å². The largest absolute Gasteiger partial charge is 0.309 e. The average molecular weight is 306 g/mol. The molecule has 0 spiro atoms. The van der Waals surface area contributed by atoms with Crippen molar-refractivity contribution in [3.63, 3.8) is 0 Å². The van der Waals surface area contributed by atoms with Gasteiger partial charge in [0.15, 0.2) is 0 Å². The predicted octanol–water partition coefficient (Wildman–Crippen LogP) is 3.87. The smallest absolute Gasteiger partial charge is 0.0450 e. The lowest BCUT2D eigenvalue weighted by molar-refractivity contribution is 0.693. The molecule has 2 nitrogen and oxygen atoms in total. The minimum absolute atomic E-state index is 0. The normalized spacial score (nSPS) is 9.17. The van der Waals surface area contributed by atoms with Gasteiger partial charge >= 0.3 is 0 Å². The van der Waals surface area contributed by atoms with E-state index in [1.807, 2.05) is 36.4 Å². The molecular weight excluding hydrogens is 291 g/mol. The second-order valence-electron chi connectivity index (χ2n) is 3.55. The van der Waals surface area contributed by atoms with Crippen molar-refractivity contribution < 1.29 is 0 Å². The summed E-state index contributed by atoms with van der Waals surface area (Å²) in [4.78, 5) is 3.98. The third-order valence-corrected chi connectivity index (χ3v) is 2.72. The summed E-state index contributed by atoms with van der Waals surface area (Å²) in [7, 11) is 0. The van der Waals surface area contributed by atoms with Crippen molar-refractivity contribution >= 4 is 36.4 Å². The van der Waals surface area contributed by atoms with E-state index < -0.39 is 0 Å². The number of nitrogens with zero attached hydrogens (tertiary/aromatic N) is 1. The van der Waals surface area contributed by atoms with Gasteiger partial charge in [0.05, 0.1) is 0 Å². The van der Waals surface area contributed by atoms with Crippen LogP contribution < -0.4 is 5.32 Å². The van der Waals surface area contributed by atoms with E-state index in [9.17, 15) is 0 Å². The van der Waals surface area contributed by atoms with Gasteiger partial charge in [-0.1, -0.05) is 29.8 Å². The first-order valence-corrected chi connectivity index (χ1v) is 5.57. The molecule has 1 aromatic carbocycles. The molecule has 1 N–H and O–H groups in total. The lowest BCUT2D eigenvalue weighted by atomic mass is 10.2. The number of hydrogen-bond acceptors (Lipinski definition) is 2. The minimum Gasteiger partial charge on any atom is -0.309 e. The van der Waals surface area contributed by atoms with Crippen LogP contribution in [-0.2, 0) is 13.1 Å². The summed E-state index contributed by atoms with van der Waals surface area (Å²) in [6.07, 6.45) is 3.60. The van der Waals surface area contributed by atoms with E-state index in [1.54, 1.807) is 12.4 Å². The molecule has 5 heteroatoms. The van der Waals surface area contributed by atoms with E-state index in [-0.39, 0.29) is 24.8 Å². The molecule has 0 saturated carbocycles. The maximum absolute atomic E-state index is 6.06. The molecule has 1 aromatic heterocycles. The standard InChI is InChI=1S/C13H13ClN2.2ClH/c14-13-4-2-1-3-12(13)10-16-9-11-5-7-15-8-6-11;;/h1-8,16H,9-10H2;2*1H. The second kappa shape index (κ2) is 9.17. The van der Waals surface area contributed by atoms with Crippen molar-refractivity contribution in [1.82, 2.24) is 10.3 Å². The van der Waals surface area contributed by atoms with Crippen LogP contribution in [0, 0.1) is 0 Å². The van der Waals surface area contributed by atoms with Crippen molar-refractivity contribution in [3.8, 4) is 0 Å². The second-order valence-corrected chi connectivity index (χ2v) is 3.96. The molecule has 98 valence electrons. The van der Waals surface area contributed by atoms with E-state index in [0.717, 1.165) is 23.7 Å². The third kappa shape index (κ3) is 5.23. The molecule has 2 rings (SSSR count). The molecule has 0 saturated heterocycles. The number of halogens is 3. The first kappa shape index (κ1) is 17.2. The number of pyridine rings is 1. The van der Waals surface area contributed by atoms with Crippen molar-refractivity contribution in [1.29, 1.82) is 0 Å². The Morgan fingerprint density at radius 1 is 0.944 bits per heavy atom. The summed E-state index contributed by atoms with van der Waals surface area (Å²) < 4.78 is 0. The highest BCUT2D eigenvalue weighted by Gasteiger charge is 1.97. The van der Waals surface area contributed by atoms with Gasteiger partial charge in [0.25, 0.3) is 0 Å². The zero-order chi connectivity index (χ0) is 11.2. The maximum Gasteiger partial charge on any atom is 0.0450 e. The Morgan fingerprint density at radius 3 is 2.28 bits per heavy atom. The fourth-order valence-electron chi connectivity index (χ4n) is 1.48. The molecular formula is C13H15Cl3N2. The summed E-state index contributed by atoms with van der Waals surface area (Å²) >= 11 is 6.06. The zero-order valence-electron chi connectivity index (χ0n) is 9.67. The Hall–Kier alpha value is -0.800. The molecule has 18 heavy (non-hydrogen) atoms. The molecule has 1 heterocycles. The number of rotatable bonds is 4. The van der Waals surface area contributed by atoms with Gasteiger partial charge in [-0.15, -0.1) is 24.8 Å².